The number of carbonyl (C=O) groups excluding carboxylic acids is 1. The molecule has 0 spiro atoms. The number of amides is 1. The number of hydrogen-bond donors (Lipinski definition) is 1. The van der Waals surface area contributed by atoms with E-state index >= 15 is 0 Å². The zero-order chi connectivity index (χ0) is 16.8. The molecule has 0 saturated heterocycles. The van der Waals surface area contributed by atoms with E-state index < -0.39 is 0 Å². The predicted octanol–water partition coefficient (Wildman–Crippen LogP) is 2.38. The minimum absolute atomic E-state index is 0.174. The van der Waals surface area contributed by atoms with E-state index in [0.717, 1.165) is 11.3 Å². The van der Waals surface area contributed by atoms with Crippen LogP contribution in [0.4, 0.5) is 0 Å². The van der Waals surface area contributed by atoms with Crippen LogP contribution in [0.3, 0.4) is 0 Å². The molecule has 0 radical (unpaired) electrons. The largest absolute Gasteiger partial charge is 0.492 e. The van der Waals surface area contributed by atoms with E-state index in [2.05, 4.69) is 15.3 Å². The van der Waals surface area contributed by atoms with Crippen molar-refractivity contribution in [2.24, 2.45) is 0 Å². The second kappa shape index (κ2) is 7.41. The summed E-state index contributed by atoms with van der Waals surface area (Å²) in [5, 5.41) is 2.81. The molecule has 0 aliphatic heterocycles. The Kier molecular flexibility index (Phi) is 4.86. The molecular weight excluding hydrogens is 304 g/mol. The van der Waals surface area contributed by atoms with Crippen LogP contribution in [-0.4, -0.2) is 33.6 Å². The highest BCUT2D eigenvalue weighted by Crippen LogP contribution is 2.11. The highest BCUT2D eigenvalue weighted by Gasteiger charge is 2.06. The average molecular weight is 322 g/mol. The third-order valence-electron chi connectivity index (χ3n) is 3.42. The van der Waals surface area contributed by atoms with E-state index in [9.17, 15) is 4.79 Å². The van der Waals surface area contributed by atoms with E-state index in [0.29, 0.717) is 24.5 Å². The van der Waals surface area contributed by atoms with Crippen LogP contribution < -0.4 is 10.1 Å². The molecule has 0 atom stereocenters. The van der Waals surface area contributed by atoms with Gasteiger partial charge in [0.25, 0.3) is 5.91 Å². The number of rotatable bonds is 6. The summed E-state index contributed by atoms with van der Waals surface area (Å²) in [6.45, 7) is 2.85. The summed E-state index contributed by atoms with van der Waals surface area (Å²) in [7, 11) is 0. The first-order chi connectivity index (χ1) is 11.7. The van der Waals surface area contributed by atoms with Crippen LogP contribution in [0, 0.1) is 6.92 Å². The Morgan fingerprint density at radius 1 is 1.29 bits per heavy atom. The molecule has 1 N–H and O–H groups in total. The zero-order valence-corrected chi connectivity index (χ0v) is 13.3. The van der Waals surface area contributed by atoms with Crippen molar-refractivity contribution in [2.45, 2.75) is 6.92 Å². The van der Waals surface area contributed by atoms with Crippen molar-refractivity contribution in [1.82, 2.24) is 19.9 Å². The van der Waals surface area contributed by atoms with Crippen LogP contribution in [-0.2, 0) is 0 Å². The number of benzene rings is 1. The van der Waals surface area contributed by atoms with Crippen molar-refractivity contribution in [3.63, 3.8) is 0 Å². The molecular formula is C18H18N4O2. The lowest BCUT2D eigenvalue weighted by Crippen LogP contribution is -2.28. The minimum Gasteiger partial charge on any atom is -0.492 e. The highest BCUT2D eigenvalue weighted by molar-refractivity contribution is 5.93. The van der Waals surface area contributed by atoms with Crippen molar-refractivity contribution in [1.29, 1.82) is 0 Å². The molecule has 122 valence electrons. The number of ether oxygens (including phenoxy) is 1. The molecule has 3 aromatic rings. The molecule has 0 saturated carbocycles. The van der Waals surface area contributed by atoms with E-state index in [4.69, 9.17) is 4.74 Å². The molecule has 1 amide bonds. The average Bonchev–Trinajstić information content (AvgIpc) is 3.13. The van der Waals surface area contributed by atoms with Gasteiger partial charge in [0.2, 0.25) is 0 Å². The highest BCUT2D eigenvalue weighted by atomic mass is 16.5. The number of carbonyl (C=O) groups is 1. The Bertz CT molecular complexity index is 798. The van der Waals surface area contributed by atoms with Gasteiger partial charge in [-0.25, -0.2) is 9.97 Å². The summed E-state index contributed by atoms with van der Waals surface area (Å²) in [6, 6.07) is 11.3. The lowest BCUT2D eigenvalue weighted by Gasteiger charge is -2.08. The fourth-order valence-corrected chi connectivity index (χ4v) is 2.21. The molecule has 2 heterocycles. The van der Waals surface area contributed by atoms with E-state index in [1.165, 1.54) is 0 Å². The topological polar surface area (TPSA) is 69.0 Å². The van der Waals surface area contributed by atoms with Gasteiger partial charge < -0.3 is 10.1 Å². The fourth-order valence-electron chi connectivity index (χ4n) is 2.21. The van der Waals surface area contributed by atoms with Crippen molar-refractivity contribution in [2.75, 3.05) is 13.2 Å². The van der Waals surface area contributed by atoms with E-state index in [1.807, 2.05) is 31.2 Å². The molecule has 0 fully saturated rings. The second-order valence-electron chi connectivity index (χ2n) is 5.30. The van der Waals surface area contributed by atoms with Crippen LogP contribution >= 0.6 is 0 Å². The first-order valence-corrected chi connectivity index (χ1v) is 7.64. The number of nitrogens with one attached hydrogen (secondary N) is 1. The van der Waals surface area contributed by atoms with Gasteiger partial charge >= 0.3 is 0 Å². The Morgan fingerprint density at radius 2 is 2.21 bits per heavy atom. The lowest BCUT2D eigenvalue weighted by molar-refractivity contribution is 0.0946. The van der Waals surface area contributed by atoms with Gasteiger partial charge in [-0.2, -0.15) is 0 Å². The molecule has 0 aliphatic carbocycles. The van der Waals surface area contributed by atoms with Crippen LogP contribution in [0.2, 0.25) is 0 Å². The molecule has 0 aliphatic rings. The van der Waals surface area contributed by atoms with Gasteiger partial charge in [0.05, 0.1) is 12.1 Å². The van der Waals surface area contributed by atoms with Crippen LogP contribution in [0.1, 0.15) is 15.9 Å². The summed E-state index contributed by atoms with van der Waals surface area (Å²) < 4.78 is 7.38. The lowest BCUT2D eigenvalue weighted by atomic mass is 10.2. The molecule has 1 aromatic carbocycles. The van der Waals surface area contributed by atoms with Gasteiger partial charge in [0.15, 0.2) is 0 Å². The third-order valence-corrected chi connectivity index (χ3v) is 3.42. The van der Waals surface area contributed by atoms with E-state index in [1.54, 1.807) is 41.6 Å². The number of hydrogen-bond acceptors (Lipinski definition) is 4. The Balaban J connectivity index is 1.48. The predicted molar refractivity (Wildman–Crippen MR) is 90.4 cm³/mol. The number of aryl methyl sites for hydroxylation is 1. The minimum atomic E-state index is -0.174. The Labute approximate surface area is 140 Å². The molecule has 24 heavy (non-hydrogen) atoms. The molecule has 2 aromatic heterocycles. The maximum absolute atomic E-state index is 12.1. The van der Waals surface area contributed by atoms with Crippen LogP contribution in [0.5, 0.6) is 5.75 Å². The first-order valence-electron chi connectivity index (χ1n) is 7.64. The molecule has 6 heteroatoms. The molecule has 0 bridgehead atoms. The molecule has 6 nitrogen and oxygen atoms in total. The second-order valence-corrected chi connectivity index (χ2v) is 5.30. The SMILES string of the molecule is Cc1cccc(OCCNC(=O)c2ccc(-n3ccnc3)nc2)c1. The van der Waals surface area contributed by atoms with Gasteiger partial charge in [0, 0.05) is 18.6 Å². The van der Waals surface area contributed by atoms with Gasteiger partial charge in [-0.15, -0.1) is 0 Å². The fraction of sp³-hybridized carbons (Fsp3) is 0.167. The van der Waals surface area contributed by atoms with E-state index in [-0.39, 0.29) is 5.91 Å². The van der Waals surface area contributed by atoms with Crippen molar-refractivity contribution in [3.05, 3.63) is 72.4 Å². The summed E-state index contributed by atoms with van der Waals surface area (Å²) in [4.78, 5) is 20.3. The first kappa shape index (κ1) is 15.7. The standard InChI is InChI=1S/C18H18N4O2/c1-14-3-2-4-16(11-14)24-10-8-20-18(23)15-5-6-17(21-12-15)22-9-7-19-13-22/h2-7,9,11-13H,8,10H2,1H3,(H,20,23). The van der Waals surface area contributed by atoms with Crippen LogP contribution in [0.25, 0.3) is 5.82 Å². The summed E-state index contributed by atoms with van der Waals surface area (Å²) >= 11 is 0. The smallest absolute Gasteiger partial charge is 0.252 e. The molecule has 0 unspecified atom stereocenters. The summed E-state index contributed by atoms with van der Waals surface area (Å²) in [5.41, 5.74) is 1.65. The van der Waals surface area contributed by atoms with Crippen molar-refractivity contribution < 1.29 is 9.53 Å². The number of aromatic nitrogens is 3. The van der Waals surface area contributed by atoms with Gasteiger partial charge in [-0.3, -0.25) is 9.36 Å². The van der Waals surface area contributed by atoms with Gasteiger partial charge in [0.1, 0.15) is 24.5 Å². The quantitative estimate of drug-likeness (QED) is 0.708. The Morgan fingerprint density at radius 3 is 2.92 bits per heavy atom. The third kappa shape index (κ3) is 3.98. The monoisotopic (exact) mass is 322 g/mol. The van der Waals surface area contributed by atoms with Gasteiger partial charge in [-0.1, -0.05) is 12.1 Å². The maximum Gasteiger partial charge on any atom is 0.252 e. The molecule has 3 rings (SSSR count). The number of nitrogens with zero attached hydrogens (tertiary/aromatic N) is 3. The van der Waals surface area contributed by atoms with Gasteiger partial charge in [-0.05, 0) is 36.8 Å². The maximum atomic E-state index is 12.1. The van der Waals surface area contributed by atoms with Crippen molar-refractivity contribution >= 4 is 5.91 Å². The summed E-state index contributed by atoms with van der Waals surface area (Å²) in [5.74, 6) is 1.34. The number of pyridine rings is 1. The summed E-state index contributed by atoms with van der Waals surface area (Å²) in [6.07, 6.45) is 6.68. The zero-order valence-electron chi connectivity index (χ0n) is 13.3. The van der Waals surface area contributed by atoms with Crippen LogP contribution in [0.15, 0.2) is 61.3 Å². The normalized spacial score (nSPS) is 10.4. The Hall–Kier alpha value is -3.15. The van der Waals surface area contributed by atoms with Crippen molar-refractivity contribution in [3.8, 4) is 11.6 Å². The number of imidazole rings is 1.